The van der Waals surface area contributed by atoms with Gasteiger partial charge in [-0.05, 0) is 80.1 Å². The Morgan fingerprint density at radius 1 is 1.06 bits per heavy atom. The molecule has 1 N–H and O–H groups in total. The van der Waals surface area contributed by atoms with E-state index < -0.39 is 10.0 Å². The monoisotopic (exact) mass is 495 g/mol. The molecule has 8 nitrogen and oxygen atoms in total. The van der Waals surface area contributed by atoms with Gasteiger partial charge in [-0.25, -0.2) is 17.7 Å². The highest BCUT2D eigenvalue weighted by Gasteiger charge is 2.20. The number of thiazole rings is 1. The number of carbonyl (C=O) groups excluding carboxylic acids is 1. The Kier molecular flexibility index (Phi) is 5.75. The molecule has 2 aromatic carbocycles. The summed E-state index contributed by atoms with van der Waals surface area (Å²) in [5, 5.41) is 8.13. The number of benzene rings is 2. The van der Waals surface area contributed by atoms with E-state index in [9.17, 15) is 13.2 Å². The molecule has 0 fully saturated rings. The summed E-state index contributed by atoms with van der Waals surface area (Å²) in [4.78, 5) is 17.8. The van der Waals surface area contributed by atoms with Crippen LogP contribution in [0.2, 0.25) is 0 Å². The number of hydrogen-bond donors (Lipinski definition) is 1. The normalized spacial score (nSPS) is 13.9. The molecule has 0 saturated carbocycles. The average molecular weight is 496 g/mol. The molecule has 176 valence electrons. The van der Waals surface area contributed by atoms with Gasteiger partial charge < -0.3 is 5.32 Å². The minimum Gasteiger partial charge on any atom is -0.306 e. The van der Waals surface area contributed by atoms with Crippen molar-refractivity contribution in [3.8, 4) is 5.13 Å². The van der Waals surface area contributed by atoms with E-state index in [2.05, 4.69) is 22.5 Å². The Morgan fingerprint density at radius 3 is 2.41 bits per heavy atom. The predicted molar refractivity (Wildman–Crippen MR) is 133 cm³/mol. The highest BCUT2D eigenvalue weighted by molar-refractivity contribution is 7.89. The Labute approximate surface area is 202 Å². The van der Waals surface area contributed by atoms with Crippen LogP contribution in [0.5, 0.6) is 0 Å². The van der Waals surface area contributed by atoms with E-state index >= 15 is 0 Å². The number of hydrogen-bond acceptors (Lipinski definition) is 6. The van der Waals surface area contributed by atoms with Crippen LogP contribution in [0.3, 0.4) is 0 Å². The zero-order valence-corrected chi connectivity index (χ0v) is 20.8. The zero-order chi connectivity index (χ0) is 24.0. The Bertz CT molecular complexity index is 1460. The van der Waals surface area contributed by atoms with Crippen molar-refractivity contribution < 1.29 is 13.2 Å². The number of anilines is 1. The molecule has 0 radical (unpaired) electrons. The largest absolute Gasteiger partial charge is 0.306 e. The van der Waals surface area contributed by atoms with Gasteiger partial charge in [0.2, 0.25) is 15.2 Å². The summed E-state index contributed by atoms with van der Waals surface area (Å²) in [6.07, 6.45) is 4.64. The second-order valence-corrected chi connectivity index (χ2v) is 11.8. The third-order valence-electron chi connectivity index (χ3n) is 5.99. The van der Waals surface area contributed by atoms with Crippen molar-refractivity contribution in [2.45, 2.75) is 37.5 Å². The number of sulfonamides is 1. The standard InChI is InChI=1S/C24H25N5O3S2/c1-15-12-22(26-23(30)16-8-10-19(11-9-16)34(31,32)28(2)3)29(27-15)24-25-20-13-17-6-4-5-7-18(17)14-21(20)33-24/h8-14H,4-7H2,1-3H3,(H,26,30). The first kappa shape index (κ1) is 22.7. The molecular weight excluding hydrogens is 470 g/mol. The SMILES string of the molecule is Cc1cc(NC(=O)c2ccc(S(=O)(=O)N(C)C)cc2)n(-c2nc3cc4c(cc3s2)CCCC4)n1. The summed E-state index contributed by atoms with van der Waals surface area (Å²) in [6, 6.07) is 12.1. The quantitative estimate of drug-likeness (QED) is 0.448. The van der Waals surface area contributed by atoms with Crippen LogP contribution in [0, 0.1) is 6.92 Å². The molecule has 10 heteroatoms. The number of nitrogens with zero attached hydrogens (tertiary/aromatic N) is 4. The van der Waals surface area contributed by atoms with Crippen LogP contribution < -0.4 is 5.32 Å². The lowest BCUT2D eigenvalue weighted by atomic mass is 9.92. The fourth-order valence-corrected chi connectivity index (χ4v) is 6.02. The molecule has 34 heavy (non-hydrogen) atoms. The van der Waals surface area contributed by atoms with Gasteiger partial charge in [0, 0.05) is 25.7 Å². The summed E-state index contributed by atoms with van der Waals surface area (Å²) in [6.45, 7) is 1.86. The Balaban J connectivity index is 1.43. The second kappa shape index (κ2) is 8.61. The topological polar surface area (TPSA) is 97.2 Å². The van der Waals surface area contributed by atoms with Gasteiger partial charge in [0.15, 0.2) is 0 Å². The molecule has 0 spiro atoms. The molecular formula is C24H25N5O3S2. The van der Waals surface area contributed by atoms with Crippen LogP contribution in [0.15, 0.2) is 47.4 Å². The molecule has 2 aromatic heterocycles. The third-order valence-corrected chi connectivity index (χ3v) is 8.81. The summed E-state index contributed by atoms with van der Waals surface area (Å²) in [5.41, 5.74) is 4.82. The van der Waals surface area contributed by atoms with Gasteiger partial charge in [-0.3, -0.25) is 4.79 Å². The van der Waals surface area contributed by atoms with E-state index in [-0.39, 0.29) is 10.8 Å². The molecule has 0 bridgehead atoms. The van der Waals surface area contributed by atoms with Gasteiger partial charge >= 0.3 is 0 Å². The molecule has 0 saturated heterocycles. The van der Waals surface area contributed by atoms with E-state index in [1.807, 2.05) is 6.92 Å². The van der Waals surface area contributed by atoms with E-state index in [1.165, 1.54) is 62.3 Å². The molecule has 1 aliphatic carbocycles. The van der Waals surface area contributed by atoms with Gasteiger partial charge in [-0.15, -0.1) is 0 Å². The smallest absolute Gasteiger partial charge is 0.256 e. The van der Waals surface area contributed by atoms with Crippen molar-refractivity contribution in [3.05, 3.63) is 64.8 Å². The minimum atomic E-state index is -3.56. The van der Waals surface area contributed by atoms with Crippen LogP contribution in [0.1, 0.15) is 40.0 Å². The Morgan fingerprint density at radius 2 is 1.74 bits per heavy atom. The summed E-state index contributed by atoms with van der Waals surface area (Å²) >= 11 is 1.55. The third kappa shape index (κ3) is 4.13. The molecule has 0 aliphatic heterocycles. The van der Waals surface area contributed by atoms with Crippen molar-refractivity contribution in [3.63, 3.8) is 0 Å². The number of fused-ring (bicyclic) bond motifs is 2. The van der Waals surface area contributed by atoms with E-state index in [1.54, 1.807) is 22.1 Å². The van der Waals surface area contributed by atoms with Gasteiger partial charge in [0.1, 0.15) is 5.82 Å². The van der Waals surface area contributed by atoms with Crippen LogP contribution in [-0.4, -0.2) is 47.5 Å². The lowest BCUT2D eigenvalue weighted by Crippen LogP contribution is -2.22. The molecule has 1 amide bonds. The number of aryl methyl sites for hydroxylation is 3. The summed E-state index contributed by atoms with van der Waals surface area (Å²) < 4.78 is 28.4. The lowest BCUT2D eigenvalue weighted by molar-refractivity contribution is 0.102. The molecule has 0 atom stereocenters. The zero-order valence-electron chi connectivity index (χ0n) is 19.2. The van der Waals surface area contributed by atoms with Gasteiger partial charge in [0.25, 0.3) is 5.91 Å². The maximum atomic E-state index is 12.9. The molecule has 4 aromatic rings. The molecule has 1 aliphatic rings. The van der Waals surface area contributed by atoms with Crippen molar-refractivity contribution in [2.75, 3.05) is 19.4 Å². The number of carbonyl (C=O) groups is 1. The van der Waals surface area contributed by atoms with Crippen LogP contribution >= 0.6 is 11.3 Å². The fourth-order valence-electron chi connectivity index (χ4n) is 4.15. The minimum absolute atomic E-state index is 0.132. The van der Waals surface area contributed by atoms with Gasteiger partial charge in [-0.1, -0.05) is 11.3 Å². The molecule has 5 rings (SSSR count). The summed E-state index contributed by atoms with van der Waals surface area (Å²) in [5.74, 6) is 0.155. The highest BCUT2D eigenvalue weighted by Crippen LogP contribution is 2.32. The average Bonchev–Trinajstić information content (AvgIpc) is 3.39. The predicted octanol–water partition coefficient (Wildman–Crippen LogP) is 4.17. The van der Waals surface area contributed by atoms with Crippen LogP contribution in [-0.2, 0) is 22.9 Å². The maximum absolute atomic E-state index is 12.9. The number of amides is 1. The van der Waals surface area contributed by atoms with E-state index in [0.717, 1.165) is 33.1 Å². The summed E-state index contributed by atoms with van der Waals surface area (Å²) in [7, 11) is -0.618. The Hall–Kier alpha value is -3.08. The van der Waals surface area contributed by atoms with Crippen LogP contribution in [0.4, 0.5) is 5.82 Å². The van der Waals surface area contributed by atoms with Crippen LogP contribution in [0.25, 0.3) is 15.3 Å². The van der Waals surface area contributed by atoms with Crippen molar-refractivity contribution in [1.82, 2.24) is 19.1 Å². The first-order valence-electron chi connectivity index (χ1n) is 11.1. The van der Waals surface area contributed by atoms with Gasteiger partial charge in [-0.2, -0.15) is 9.78 Å². The van der Waals surface area contributed by atoms with Gasteiger partial charge in [0.05, 0.1) is 20.8 Å². The highest BCUT2D eigenvalue weighted by atomic mass is 32.2. The van der Waals surface area contributed by atoms with Crippen molar-refractivity contribution in [2.24, 2.45) is 0 Å². The number of nitrogens with one attached hydrogen (secondary N) is 1. The van der Waals surface area contributed by atoms with Crippen molar-refractivity contribution >= 4 is 43.3 Å². The second-order valence-electron chi connectivity index (χ2n) is 8.64. The lowest BCUT2D eigenvalue weighted by Gasteiger charge is -2.14. The molecule has 0 unspecified atom stereocenters. The fraction of sp³-hybridized carbons (Fsp3) is 0.292. The maximum Gasteiger partial charge on any atom is 0.256 e. The number of aromatic nitrogens is 3. The van der Waals surface area contributed by atoms with E-state index in [4.69, 9.17) is 4.98 Å². The molecule has 2 heterocycles. The van der Waals surface area contributed by atoms with Crippen molar-refractivity contribution in [1.29, 1.82) is 0 Å². The first-order chi connectivity index (χ1) is 16.2. The first-order valence-corrected chi connectivity index (χ1v) is 13.3. The number of rotatable bonds is 5. The van der Waals surface area contributed by atoms with E-state index in [0.29, 0.717) is 16.5 Å².